The van der Waals surface area contributed by atoms with Crippen molar-refractivity contribution in [2.75, 3.05) is 5.32 Å². The Bertz CT molecular complexity index is 1530. The minimum atomic E-state index is -4.04. The smallest absolute Gasteiger partial charge is 0.270 e. The van der Waals surface area contributed by atoms with Crippen LogP contribution >= 0.6 is 0 Å². The lowest BCUT2D eigenvalue weighted by Gasteiger charge is -2.15. The summed E-state index contributed by atoms with van der Waals surface area (Å²) in [6.07, 6.45) is 0. The number of nitrogens with zero attached hydrogens (tertiary/aromatic N) is 1. The molecule has 0 aliphatic rings. The Kier molecular flexibility index (Phi) is 5.91. The standard InChI is InChI=1S/C26H24N2O4S/c1-17-11-13-21(14-12-17)33(31,32)25-18(2)15-19(3)28(26(25)30)16-24(29)27-23-10-6-8-20-7-4-5-9-22(20)23/h4-15H,16H2,1-3H3,(H,27,29). The van der Waals surface area contributed by atoms with Crippen LogP contribution in [0.3, 0.4) is 0 Å². The molecule has 0 bridgehead atoms. The maximum atomic E-state index is 13.3. The van der Waals surface area contributed by atoms with Crippen molar-refractivity contribution in [1.29, 1.82) is 0 Å². The molecule has 4 rings (SSSR count). The number of benzene rings is 3. The number of aryl methyl sites for hydroxylation is 3. The summed E-state index contributed by atoms with van der Waals surface area (Å²) in [5.74, 6) is -0.418. The van der Waals surface area contributed by atoms with Crippen molar-refractivity contribution in [3.8, 4) is 0 Å². The number of hydrogen-bond donors (Lipinski definition) is 1. The van der Waals surface area contributed by atoms with Crippen LogP contribution in [-0.2, 0) is 21.2 Å². The maximum absolute atomic E-state index is 13.3. The lowest BCUT2D eigenvalue weighted by Crippen LogP contribution is -2.33. The Balaban J connectivity index is 1.71. The van der Waals surface area contributed by atoms with Crippen LogP contribution in [0.1, 0.15) is 16.8 Å². The summed E-state index contributed by atoms with van der Waals surface area (Å²) in [6, 6.07) is 21.2. The molecule has 168 valence electrons. The second-order valence-electron chi connectivity index (χ2n) is 8.08. The van der Waals surface area contributed by atoms with Crippen LogP contribution in [0.15, 0.2) is 87.4 Å². The molecular formula is C26H24N2O4S. The number of anilines is 1. The summed E-state index contributed by atoms with van der Waals surface area (Å²) in [4.78, 5) is 25.9. The highest BCUT2D eigenvalue weighted by Crippen LogP contribution is 2.24. The number of sulfone groups is 1. The first-order chi connectivity index (χ1) is 15.7. The van der Waals surface area contributed by atoms with Crippen LogP contribution in [-0.4, -0.2) is 18.9 Å². The first-order valence-electron chi connectivity index (χ1n) is 10.5. The van der Waals surface area contributed by atoms with Gasteiger partial charge in [-0.15, -0.1) is 0 Å². The molecule has 1 aromatic heterocycles. The van der Waals surface area contributed by atoms with Gasteiger partial charge in [0.15, 0.2) is 0 Å². The van der Waals surface area contributed by atoms with E-state index in [1.165, 1.54) is 16.7 Å². The van der Waals surface area contributed by atoms with Crippen molar-refractivity contribution in [1.82, 2.24) is 4.57 Å². The van der Waals surface area contributed by atoms with E-state index in [9.17, 15) is 18.0 Å². The third-order valence-corrected chi connectivity index (χ3v) is 7.54. The van der Waals surface area contributed by atoms with E-state index < -0.39 is 21.3 Å². The summed E-state index contributed by atoms with van der Waals surface area (Å²) in [6.45, 7) is 4.83. The molecule has 0 atom stereocenters. The zero-order chi connectivity index (χ0) is 23.8. The average Bonchev–Trinajstić information content (AvgIpc) is 2.77. The van der Waals surface area contributed by atoms with Crippen LogP contribution < -0.4 is 10.9 Å². The van der Waals surface area contributed by atoms with E-state index in [0.717, 1.165) is 16.3 Å². The van der Waals surface area contributed by atoms with Crippen molar-refractivity contribution in [3.05, 3.63) is 100.0 Å². The molecule has 0 radical (unpaired) electrons. The minimum absolute atomic E-state index is 0.0453. The fraction of sp³-hybridized carbons (Fsp3) is 0.154. The third kappa shape index (κ3) is 4.32. The molecule has 33 heavy (non-hydrogen) atoms. The average molecular weight is 461 g/mol. The molecule has 3 aromatic carbocycles. The molecule has 4 aromatic rings. The Morgan fingerprint density at radius 2 is 1.58 bits per heavy atom. The van der Waals surface area contributed by atoms with Crippen molar-refractivity contribution >= 4 is 32.2 Å². The molecule has 0 saturated heterocycles. The van der Waals surface area contributed by atoms with E-state index in [2.05, 4.69) is 5.32 Å². The van der Waals surface area contributed by atoms with Gasteiger partial charge in [-0.3, -0.25) is 9.59 Å². The third-order valence-electron chi connectivity index (χ3n) is 5.61. The van der Waals surface area contributed by atoms with Gasteiger partial charge >= 0.3 is 0 Å². The van der Waals surface area contributed by atoms with Crippen LogP contribution in [0.2, 0.25) is 0 Å². The first kappa shape index (κ1) is 22.5. The summed E-state index contributed by atoms with van der Waals surface area (Å²) >= 11 is 0. The zero-order valence-electron chi connectivity index (χ0n) is 18.6. The number of pyridine rings is 1. The first-order valence-corrected chi connectivity index (χ1v) is 12.0. The molecule has 6 nitrogen and oxygen atoms in total. The van der Waals surface area contributed by atoms with Gasteiger partial charge in [0.2, 0.25) is 15.7 Å². The van der Waals surface area contributed by atoms with E-state index in [4.69, 9.17) is 0 Å². The normalized spacial score (nSPS) is 11.5. The maximum Gasteiger partial charge on any atom is 0.270 e. The second kappa shape index (κ2) is 8.67. The second-order valence-corrected chi connectivity index (χ2v) is 9.97. The summed E-state index contributed by atoms with van der Waals surface area (Å²) in [5, 5.41) is 4.71. The highest BCUT2D eigenvalue weighted by Gasteiger charge is 2.26. The van der Waals surface area contributed by atoms with Crippen LogP contribution in [0, 0.1) is 20.8 Å². The van der Waals surface area contributed by atoms with Gasteiger partial charge in [0.05, 0.1) is 4.90 Å². The molecule has 0 saturated carbocycles. The predicted octanol–water partition coefficient (Wildman–Crippen LogP) is 4.40. The van der Waals surface area contributed by atoms with Gasteiger partial charge in [-0.25, -0.2) is 8.42 Å². The summed E-state index contributed by atoms with van der Waals surface area (Å²) in [7, 11) is -4.04. The molecule has 7 heteroatoms. The summed E-state index contributed by atoms with van der Waals surface area (Å²) < 4.78 is 27.7. The van der Waals surface area contributed by atoms with Gasteiger partial charge in [0, 0.05) is 16.8 Å². The largest absolute Gasteiger partial charge is 0.324 e. The number of hydrogen-bond acceptors (Lipinski definition) is 4. The van der Waals surface area contributed by atoms with Gasteiger partial charge < -0.3 is 9.88 Å². The molecule has 0 unspecified atom stereocenters. The van der Waals surface area contributed by atoms with Gasteiger partial charge in [-0.05, 0) is 56.0 Å². The molecule has 1 heterocycles. The van der Waals surface area contributed by atoms with Gasteiger partial charge in [0.25, 0.3) is 5.56 Å². The van der Waals surface area contributed by atoms with Crippen LogP contribution in [0.5, 0.6) is 0 Å². The van der Waals surface area contributed by atoms with E-state index in [1.807, 2.05) is 43.3 Å². The number of carbonyl (C=O) groups excluding carboxylic acids is 1. The fourth-order valence-corrected chi connectivity index (χ4v) is 5.49. The zero-order valence-corrected chi connectivity index (χ0v) is 19.4. The quantitative estimate of drug-likeness (QED) is 0.478. The van der Waals surface area contributed by atoms with E-state index in [0.29, 0.717) is 16.9 Å². The lowest BCUT2D eigenvalue weighted by atomic mass is 10.1. The van der Waals surface area contributed by atoms with Crippen LogP contribution in [0.25, 0.3) is 10.8 Å². The molecule has 0 spiro atoms. The lowest BCUT2D eigenvalue weighted by molar-refractivity contribution is -0.116. The number of fused-ring (bicyclic) bond motifs is 1. The van der Waals surface area contributed by atoms with Gasteiger partial charge in [-0.2, -0.15) is 0 Å². The Morgan fingerprint density at radius 3 is 2.30 bits per heavy atom. The predicted molar refractivity (Wildman–Crippen MR) is 129 cm³/mol. The van der Waals surface area contributed by atoms with Crippen molar-refractivity contribution < 1.29 is 13.2 Å². The number of amides is 1. The van der Waals surface area contributed by atoms with Crippen molar-refractivity contribution in [2.24, 2.45) is 0 Å². The van der Waals surface area contributed by atoms with E-state index >= 15 is 0 Å². The highest BCUT2D eigenvalue weighted by atomic mass is 32.2. The number of nitrogens with one attached hydrogen (secondary N) is 1. The van der Waals surface area contributed by atoms with Crippen LogP contribution in [0.4, 0.5) is 5.69 Å². The Labute approximate surface area is 192 Å². The van der Waals surface area contributed by atoms with E-state index in [1.54, 1.807) is 38.1 Å². The van der Waals surface area contributed by atoms with Gasteiger partial charge in [-0.1, -0.05) is 54.1 Å². The summed E-state index contributed by atoms with van der Waals surface area (Å²) in [5.41, 5.74) is 1.69. The molecule has 0 aliphatic heterocycles. The SMILES string of the molecule is Cc1ccc(S(=O)(=O)c2c(C)cc(C)n(CC(=O)Nc3cccc4ccccc34)c2=O)cc1. The van der Waals surface area contributed by atoms with E-state index in [-0.39, 0.29) is 16.3 Å². The number of rotatable bonds is 5. The molecule has 0 aliphatic carbocycles. The van der Waals surface area contributed by atoms with Crippen molar-refractivity contribution in [2.45, 2.75) is 37.1 Å². The van der Waals surface area contributed by atoms with Gasteiger partial charge in [0.1, 0.15) is 11.4 Å². The fourth-order valence-electron chi connectivity index (χ4n) is 3.93. The Morgan fingerprint density at radius 1 is 0.909 bits per heavy atom. The topological polar surface area (TPSA) is 85.2 Å². The minimum Gasteiger partial charge on any atom is -0.324 e. The number of carbonyl (C=O) groups is 1. The molecule has 1 N–H and O–H groups in total. The molecule has 0 fully saturated rings. The van der Waals surface area contributed by atoms with Crippen molar-refractivity contribution in [3.63, 3.8) is 0 Å². The molecule has 1 amide bonds. The molecular weight excluding hydrogens is 436 g/mol. The number of aromatic nitrogens is 1. The highest BCUT2D eigenvalue weighted by molar-refractivity contribution is 7.91. The Hall–Kier alpha value is -3.71. The monoisotopic (exact) mass is 460 g/mol.